The lowest BCUT2D eigenvalue weighted by Gasteiger charge is -2.13. The number of aryl methyl sites for hydroxylation is 1. The van der Waals surface area contributed by atoms with E-state index >= 15 is 0 Å². The first kappa shape index (κ1) is 13.4. The Bertz CT molecular complexity index is 778. The van der Waals surface area contributed by atoms with Crippen LogP contribution in [0.1, 0.15) is 22.7 Å². The Balaban J connectivity index is 2.14. The molecule has 0 saturated heterocycles. The molecule has 21 heavy (non-hydrogen) atoms. The van der Waals surface area contributed by atoms with E-state index in [0.717, 1.165) is 27.7 Å². The van der Waals surface area contributed by atoms with Crippen LogP contribution in [-0.2, 0) is 0 Å². The van der Waals surface area contributed by atoms with E-state index in [-0.39, 0.29) is 17.4 Å². The first-order chi connectivity index (χ1) is 10.2. The van der Waals surface area contributed by atoms with Crippen LogP contribution in [0.3, 0.4) is 0 Å². The van der Waals surface area contributed by atoms with E-state index in [4.69, 9.17) is 0 Å². The third kappa shape index (κ3) is 2.52. The molecule has 0 amide bonds. The Morgan fingerprint density at radius 3 is 2.43 bits per heavy atom. The summed E-state index contributed by atoms with van der Waals surface area (Å²) in [5, 5.41) is 12.2. The zero-order valence-corrected chi connectivity index (χ0v) is 11.7. The van der Waals surface area contributed by atoms with Crippen LogP contribution in [0.4, 0.5) is 0 Å². The molecule has 0 aliphatic heterocycles. The van der Waals surface area contributed by atoms with Gasteiger partial charge in [-0.05, 0) is 24.1 Å². The lowest BCUT2D eigenvalue weighted by Crippen LogP contribution is -2.15. The van der Waals surface area contributed by atoms with E-state index in [2.05, 4.69) is 4.98 Å². The van der Waals surface area contributed by atoms with Crippen LogP contribution in [0, 0.1) is 17.0 Å². The summed E-state index contributed by atoms with van der Waals surface area (Å²) in [5.74, 6) is -0.256. The van der Waals surface area contributed by atoms with Gasteiger partial charge in [0, 0.05) is 21.5 Å². The normalized spacial score (nSPS) is 12.4. The van der Waals surface area contributed by atoms with E-state index in [1.165, 1.54) is 0 Å². The van der Waals surface area contributed by atoms with Crippen LogP contribution in [-0.4, -0.2) is 16.5 Å². The maximum Gasteiger partial charge on any atom is 0.216 e. The highest BCUT2D eigenvalue weighted by atomic mass is 16.6. The second-order valence-electron chi connectivity index (χ2n) is 5.19. The Hall–Kier alpha value is -2.62. The molecule has 0 aliphatic rings. The number of hydrogen-bond acceptors (Lipinski definition) is 2. The molecule has 3 aromatic rings. The number of nitrogens with zero attached hydrogens (tertiary/aromatic N) is 1. The minimum absolute atomic E-state index is 0.113. The maximum atomic E-state index is 11.1. The lowest BCUT2D eigenvalue weighted by molar-refractivity contribution is -0.481. The second-order valence-corrected chi connectivity index (χ2v) is 5.19. The third-order valence-electron chi connectivity index (χ3n) is 3.89. The quantitative estimate of drug-likeness (QED) is 0.582. The number of nitrogens with one attached hydrogen (secondary N) is 1. The first-order valence-corrected chi connectivity index (χ1v) is 6.91. The van der Waals surface area contributed by atoms with Gasteiger partial charge in [0.2, 0.25) is 6.54 Å². The van der Waals surface area contributed by atoms with Crippen LogP contribution >= 0.6 is 0 Å². The number of para-hydroxylation sites is 1. The molecule has 1 unspecified atom stereocenters. The average molecular weight is 280 g/mol. The van der Waals surface area contributed by atoms with Crippen molar-refractivity contribution in [3.05, 3.63) is 81.5 Å². The molecular formula is C17H16N2O2. The fourth-order valence-electron chi connectivity index (χ4n) is 2.85. The summed E-state index contributed by atoms with van der Waals surface area (Å²) >= 11 is 0. The molecule has 4 heteroatoms. The van der Waals surface area contributed by atoms with Gasteiger partial charge >= 0.3 is 0 Å². The second kappa shape index (κ2) is 5.40. The summed E-state index contributed by atoms with van der Waals surface area (Å²) in [6, 6.07) is 17.6. The molecule has 0 bridgehead atoms. The molecule has 1 heterocycles. The van der Waals surface area contributed by atoms with Crippen molar-refractivity contribution >= 4 is 10.9 Å². The summed E-state index contributed by atoms with van der Waals surface area (Å²) in [6.45, 7) is 1.90. The standard InChI is InChI=1S/C17H16N2O2/c1-12-14-9-5-6-10-16(14)18-17(12)15(11-19(20)21)13-7-3-2-4-8-13/h2-10,15,18H,11H2,1H3. The zero-order valence-electron chi connectivity index (χ0n) is 11.7. The first-order valence-electron chi connectivity index (χ1n) is 6.91. The predicted octanol–water partition coefficient (Wildman–Crippen LogP) is 3.88. The van der Waals surface area contributed by atoms with Crippen LogP contribution in [0.15, 0.2) is 54.6 Å². The lowest BCUT2D eigenvalue weighted by atomic mass is 9.93. The number of aromatic nitrogens is 1. The SMILES string of the molecule is Cc1c(C(C[N+](=O)[O-])c2ccccc2)[nH]c2ccccc12. The minimum atomic E-state index is -0.256. The van der Waals surface area contributed by atoms with E-state index < -0.39 is 0 Å². The highest BCUT2D eigenvalue weighted by molar-refractivity contribution is 5.84. The van der Waals surface area contributed by atoms with Crippen LogP contribution in [0.2, 0.25) is 0 Å². The van der Waals surface area contributed by atoms with Gasteiger partial charge in [0.25, 0.3) is 0 Å². The van der Waals surface area contributed by atoms with Crippen LogP contribution in [0.5, 0.6) is 0 Å². The number of aromatic amines is 1. The smallest absolute Gasteiger partial charge is 0.216 e. The van der Waals surface area contributed by atoms with Gasteiger partial charge in [-0.1, -0.05) is 48.5 Å². The van der Waals surface area contributed by atoms with Gasteiger partial charge < -0.3 is 4.98 Å². The summed E-state index contributed by atoms with van der Waals surface area (Å²) in [7, 11) is 0. The molecule has 3 rings (SSSR count). The van der Waals surface area contributed by atoms with Gasteiger partial charge in [0.15, 0.2) is 0 Å². The van der Waals surface area contributed by atoms with Crippen molar-refractivity contribution in [2.45, 2.75) is 12.8 Å². The number of benzene rings is 2. The molecule has 0 saturated carbocycles. The molecule has 1 aromatic heterocycles. The molecule has 2 aromatic carbocycles. The summed E-state index contributed by atoms with van der Waals surface area (Å²) < 4.78 is 0. The largest absolute Gasteiger partial charge is 0.357 e. The van der Waals surface area contributed by atoms with Crippen molar-refractivity contribution in [2.75, 3.05) is 6.54 Å². The van der Waals surface area contributed by atoms with E-state index in [9.17, 15) is 10.1 Å². The highest BCUT2D eigenvalue weighted by Crippen LogP contribution is 2.31. The minimum Gasteiger partial charge on any atom is -0.357 e. The van der Waals surface area contributed by atoms with Crippen molar-refractivity contribution in [2.24, 2.45) is 0 Å². The maximum absolute atomic E-state index is 11.1. The molecule has 4 nitrogen and oxygen atoms in total. The van der Waals surface area contributed by atoms with Crippen molar-refractivity contribution in [3.8, 4) is 0 Å². The van der Waals surface area contributed by atoms with Gasteiger partial charge in [-0.25, -0.2) is 0 Å². The monoisotopic (exact) mass is 280 g/mol. The van der Waals surface area contributed by atoms with E-state index in [1.807, 2.05) is 61.5 Å². The molecule has 0 fully saturated rings. The number of hydrogen-bond donors (Lipinski definition) is 1. The number of nitro groups is 1. The van der Waals surface area contributed by atoms with Gasteiger partial charge in [-0.15, -0.1) is 0 Å². The molecule has 0 spiro atoms. The van der Waals surface area contributed by atoms with E-state index in [0.29, 0.717) is 0 Å². The Morgan fingerprint density at radius 1 is 1.10 bits per heavy atom. The van der Waals surface area contributed by atoms with Crippen molar-refractivity contribution in [1.29, 1.82) is 0 Å². The average Bonchev–Trinajstić information content (AvgIpc) is 2.83. The molecular weight excluding hydrogens is 264 g/mol. The van der Waals surface area contributed by atoms with Gasteiger partial charge in [-0.2, -0.15) is 0 Å². The van der Waals surface area contributed by atoms with E-state index in [1.54, 1.807) is 0 Å². The number of fused-ring (bicyclic) bond motifs is 1. The molecule has 0 aliphatic carbocycles. The van der Waals surface area contributed by atoms with Gasteiger partial charge in [0.05, 0.1) is 5.92 Å². The van der Waals surface area contributed by atoms with Crippen molar-refractivity contribution in [1.82, 2.24) is 4.98 Å². The number of rotatable bonds is 4. The van der Waals surface area contributed by atoms with Gasteiger partial charge in [-0.3, -0.25) is 10.1 Å². The van der Waals surface area contributed by atoms with Gasteiger partial charge in [0.1, 0.15) is 0 Å². The summed E-state index contributed by atoms with van der Waals surface area (Å²) in [4.78, 5) is 14.2. The molecule has 1 atom stereocenters. The number of H-pyrrole nitrogens is 1. The topological polar surface area (TPSA) is 58.9 Å². The van der Waals surface area contributed by atoms with Crippen molar-refractivity contribution in [3.63, 3.8) is 0 Å². The van der Waals surface area contributed by atoms with Crippen LogP contribution in [0.25, 0.3) is 10.9 Å². The summed E-state index contributed by atoms with van der Waals surface area (Å²) in [6.07, 6.45) is 0. The zero-order chi connectivity index (χ0) is 14.8. The fourth-order valence-corrected chi connectivity index (χ4v) is 2.85. The predicted molar refractivity (Wildman–Crippen MR) is 83.2 cm³/mol. The molecule has 1 N–H and O–H groups in total. The Morgan fingerprint density at radius 2 is 1.76 bits per heavy atom. The molecule has 106 valence electrons. The third-order valence-corrected chi connectivity index (χ3v) is 3.89. The fraction of sp³-hybridized carbons (Fsp3) is 0.176. The highest BCUT2D eigenvalue weighted by Gasteiger charge is 2.24. The Kier molecular flexibility index (Phi) is 3.44. The Labute approximate surface area is 122 Å². The van der Waals surface area contributed by atoms with Crippen LogP contribution < -0.4 is 0 Å². The summed E-state index contributed by atoms with van der Waals surface area (Å²) in [5.41, 5.74) is 4.00. The van der Waals surface area contributed by atoms with Crippen molar-refractivity contribution < 1.29 is 4.92 Å². The molecule has 0 radical (unpaired) electrons.